The summed E-state index contributed by atoms with van der Waals surface area (Å²) in [6.07, 6.45) is 0. The molecule has 0 bridgehead atoms. The average molecular weight is 206 g/mol. The molecule has 1 aromatic carbocycles. The number of hydrogen-bond donors (Lipinski definition) is 2. The van der Waals surface area contributed by atoms with Crippen molar-refractivity contribution < 1.29 is 0 Å². The molecule has 0 saturated heterocycles. The van der Waals surface area contributed by atoms with Gasteiger partial charge >= 0.3 is 0 Å². The lowest BCUT2D eigenvalue weighted by molar-refractivity contribution is 0.865. The molecule has 1 aliphatic heterocycles. The molecule has 3 heteroatoms. The van der Waals surface area contributed by atoms with Crippen molar-refractivity contribution >= 4 is 17.6 Å². The quantitative estimate of drug-likeness (QED) is 0.728. The van der Waals surface area contributed by atoms with Crippen LogP contribution >= 0.6 is 11.9 Å². The Kier molecular flexibility index (Phi) is 2.79. The van der Waals surface area contributed by atoms with E-state index in [1.807, 2.05) is 0 Å². The summed E-state index contributed by atoms with van der Waals surface area (Å²) < 4.78 is 0. The molecule has 0 saturated carbocycles. The fraction of sp³-hybridized carbons (Fsp3) is 0.273. The second-order valence-electron chi connectivity index (χ2n) is 3.65. The van der Waals surface area contributed by atoms with Gasteiger partial charge in [0.2, 0.25) is 0 Å². The van der Waals surface area contributed by atoms with Crippen molar-refractivity contribution in [1.29, 1.82) is 0 Å². The second-order valence-corrected chi connectivity index (χ2v) is 4.33. The first-order chi connectivity index (χ1) is 6.77. The van der Waals surface area contributed by atoms with Crippen LogP contribution in [0, 0.1) is 0 Å². The maximum atomic E-state index is 3.10. The first-order valence-electron chi connectivity index (χ1n) is 4.74. The lowest BCUT2D eigenvalue weighted by Gasteiger charge is -2.07. The predicted molar refractivity (Wildman–Crippen MR) is 62.4 cm³/mol. The van der Waals surface area contributed by atoms with Crippen LogP contribution in [0.4, 0.5) is 0 Å². The Morgan fingerprint density at radius 2 is 1.86 bits per heavy atom. The van der Waals surface area contributed by atoms with Crippen LogP contribution < -0.4 is 10.3 Å². The predicted octanol–water partition coefficient (Wildman–Crippen LogP) is 2.86. The van der Waals surface area contributed by atoms with Gasteiger partial charge in [0, 0.05) is 5.41 Å². The van der Waals surface area contributed by atoms with Gasteiger partial charge in [0.05, 0.1) is 5.70 Å². The van der Waals surface area contributed by atoms with Crippen LogP contribution in [-0.2, 0) is 0 Å². The van der Waals surface area contributed by atoms with Crippen LogP contribution in [0.15, 0.2) is 29.7 Å². The van der Waals surface area contributed by atoms with Crippen LogP contribution in [-0.4, -0.2) is 0 Å². The smallest absolute Gasteiger partial charge is 0.0645 e. The Bertz CT molecular complexity index is 341. The summed E-state index contributed by atoms with van der Waals surface area (Å²) >= 11 is 1.56. The van der Waals surface area contributed by atoms with Crippen molar-refractivity contribution in [2.24, 2.45) is 0 Å². The van der Waals surface area contributed by atoms with E-state index in [1.165, 1.54) is 11.1 Å². The average Bonchev–Trinajstić information content (AvgIpc) is 2.71. The SMILES string of the molecule is CC(C)c1ccc(C2=CSNN2)cc1. The molecule has 0 atom stereocenters. The molecule has 0 radical (unpaired) electrons. The highest BCUT2D eigenvalue weighted by molar-refractivity contribution is 8.00. The second kappa shape index (κ2) is 4.07. The van der Waals surface area contributed by atoms with Crippen LogP contribution in [0.5, 0.6) is 0 Å². The summed E-state index contributed by atoms with van der Waals surface area (Å²) in [5.41, 5.74) is 6.85. The lowest BCUT2D eigenvalue weighted by atomic mass is 10.0. The molecule has 0 aromatic heterocycles. The Labute approximate surface area is 88.9 Å². The van der Waals surface area contributed by atoms with Crippen molar-refractivity contribution in [3.8, 4) is 0 Å². The Morgan fingerprint density at radius 3 is 2.36 bits per heavy atom. The lowest BCUT2D eigenvalue weighted by Crippen LogP contribution is -2.17. The molecule has 2 N–H and O–H groups in total. The van der Waals surface area contributed by atoms with E-state index < -0.39 is 0 Å². The molecule has 74 valence electrons. The molecule has 0 spiro atoms. The van der Waals surface area contributed by atoms with Crippen LogP contribution in [0.25, 0.3) is 5.70 Å². The zero-order valence-corrected chi connectivity index (χ0v) is 9.19. The monoisotopic (exact) mass is 206 g/mol. The molecule has 1 aromatic rings. The van der Waals surface area contributed by atoms with E-state index in [4.69, 9.17) is 0 Å². The zero-order valence-electron chi connectivity index (χ0n) is 8.37. The highest BCUT2D eigenvalue weighted by atomic mass is 32.2. The minimum absolute atomic E-state index is 0.599. The third kappa shape index (κ3) is 1.94. The molecule has 2 rings (SSSR count). The van der Waals surface area contributed by atoms with Gasteiger partial charge in [-0.25, -0.2) is 0 Å². The highest BCUT2D eigenvalue weighted by Crippen LogP contribution is 2.21. The normalized spacial score (nSPS) is 15.5. The molecule has 0 fully saturated rings. The number of benzene rings is 1. The first-order valence-corrected chi connectivity index (χ1v) is 5.62. The Hall–Kier alpha value is -0.930. The van der Waals surface area contributed by atoms with E-state index in [0.29, 0.717) is 5.92 Å². The van der Waals surface area contributed by atoms with Crippen LogP contribution in [0.2, 0.25) is 0 Å². The molecule has 1 heterocycles. The van der Waals surface area contributed by atoms with Gasteiger partial charge in [-0.05, 0) is 29.0 Å². The van der Waals surface area contributed by atoms with Gasteiger partial charge in [-0.1, -0.05) is 38.1 Å². The van der Waals surface area contributed by atoms with Crippen molar-refractivity contribution in [2.75, 3.05) is 0 Å². The number of rotatable bonds is 2. The molecule has 14 heavy (non-hydrogen) atoms. The summed E-state index contributed by atoms with van der Waals surface area (Å²) in [6.45, 7) is 4.42. The van der Waals surface area contributed by atoms with E-state index >= 15 is 0 Å². The van der Waals surface area contributed by atoms with E-state index in [9.17, 15) is 0 Å². The summed E-state index contributed by atoms with van der Waals surface area (Å²) in [7, 11) is 0. The van der Waals surface area contributed by atoms with Crippen LogP contribution in [0.3, 0.4) is 0 Å². The Balaban J connectivity index is 2.21. The molecule has 0 amide bonds. The van der Waals surface area contributed by atoms with Gasteiger partial charge in [-0.15, -0.1) is 0 Å². The summed E-state index contributed by atoms with van der Waals surface area (Å²) in [5.74, 6) is 0.599. The van der Waals surface area contributed by atoms with Crippen molar-refractivity contribution in [3.63, 3.8) is 0 Å². The van der Waals surface area contributed by atoms with Gasteiger partial charge < -0.3 is 5.43 Å². The summed E-state index contributed by atoms with van der Waals surface area (Å²) in [6, 6.07) is 8.68. The standard InChI is InChI=1S/C11H14N2S/c1-8(2)9-3-5-10(6-4-9)11-7-14-13-12-11/h3-8,12-13H,1-2H3. The number of hydrogen-bond acceptors (Lipinski definition) is 3. The molecule has 1 aliphatic rings. The van der Waals surface area contributed by atoms with Crippen molar-refractivity contribution in [2.45, 2.75) is 19.8 Å². The topological polar surface area (TPSA) is 24.1 Å². The summed E-state index contributed by atoms with van der Waals surface area (Å²) in [4.78, 5) is 2.98. The minimum atomic E-state index is 0.599. The van der Waals surface area contributed by atoms with Gasteiger partial charge in [0.1, 0.15) is 0 Å². The van der Waals surface area contributed by atoms with Gasteiger partial charge in [-0.2, -0.15) is 4.83 Å². The van der Waals surface area contributed by atoms with E-state index in [-0.39, 0.29) is 0 Å². The highest BCUT2D eigenvalue weighted by Gasteiger charge is 2.06. The minimum Gasteiger partial charge on any atom is -0.310 e. The third-order valence-electron chi connectivity index (χ3n) is 2.31. The zero-order chi connectivity index (χ0) is 9.97. The fourth-order valence-electron chi connectivity index (χ4n) is 1.39. The maximum Gasteiger partial charge on any atom is 0.0645 e. The molecular formula is C11H14N2S. The van der Waals surface area contributed by atoms with E-state index in [0.717, 1.165) is 5.70 Å². The maximum absolute atomic E-state index is 3.10. The van der Waals surface area contributed by atoms with Gasteiger partial charge in [0.15, 0.2) is 0 Å². The third-order valence-corrected chi connectivity index (χ3v) is 2.88. The molecule has 0 unspecified atom stereocenters. The fourth-order valence-corrected chi connectivity index (χ4v) is 1.93. The molecule has 2 nitrogen and oxygen atoms in total. The molecule has 0 aliphatic carbocycles. The van der Waals surface area contributed by atoms with Gasteiger partial charge in [0.25, 0.3) is 0 Å². The largest absolute Gasteiger partial charge is 0.310 e. The van der Waals surface area contributed by atoms with Gasteiger partial charge in [-0.3, -0.25) is 0 Å². The van der Waals surface area contributed by atoms with E-state index in [1.54, 1.807) is 11.9 Å². The van der Waals surface area contributed by atoms with Crippen molar-refractivity contribution in [3.05, 3.63) is 40.8 Å². The molecular weight excluding hydrogens is 192 g/mol. The van der Waals surface area contributed by atoms with Crippen LogP contribution in [0.1, 0.15) is 30.9 Å². The number of hydrazine groups is 1. The summed E-state index contributed by atoms with van der Waals surface area (Å²) in [5, 5.41) is 2.07. The first kappa shape index (κ1) is 9.62. The van der Waals surface area contributed by atoms with Crippen molar-refractivity contribution in [1.82, 2.24) is 10.3 Å². The Morgan fingerprint density at radius 1 is 1.14 bits per heavy atom. The van der Waals surface area contributed by atoms with E-state index in [2.05, 4.69) is 53.8 Å². The number of nitrogens with one attached hydrogen (secondary N) is 2.